The van der Waals surface area contributed by atoms with Gasteiger partial charge in [0, 0.05) is 16.6 Å². The lowest BCUT2D eigenvalue weighted by Gasteiger charge is -2.10. The van der Waals surface area contributed by atoms with Crippen LogP contribution in [0.5, 0.6) is 0 Å². The molecule has 0 spiro atoms. The number of thioether (sulfide) groups is 1. The van der Waals surface area contributed by atoms with Crippen molar-refractivity contribution in [1.29, 1.82) is 0 Å². The number of halogens is 2. The first kappa shape index (κ1) is 14.1. The van der Waals surface area contributed by atoms with Gasteiger partial charge in [0.15, 0.2) is 0 Å². The predicted octanol–water partition coefficient (Wildman–Crippen LogP) is 3.93. The Hall–Kier alpha value is -1.88. The van der Waals surface area contributed by atoms with E-state index >= 15 is 0 Å². The van der Waals surface area contributed by atoms with Crippen molar-refractivity contribution in [1.82, 2.24) is 0 Å². The van der Waals surface area contributed by atoms with Gasteiger partial charge in [-0.25, -0.2) is 8.78 Å². The monoisotopic (exact) mass is 305 g/mol. The average molecular weight is 305 g/mol. The number of hydrogen-bond donors (Lipinski definition) is 1. The lowest BCUT2D eigenvalue weighted by atomic mass is 10.1. The van der Waals surface area contributed by atoms with Crippen LogP contribution in [0.4, 0.5) is 14.5 Å². The minimum absolute atomic E-state index is 0.144. The fraction of sp³-hybridized carbons (Fsp3) is 0.188. The first-order chi connectivity index (χ1) is 10.0. The van der Waals surface area contributed by atoms with Crippen LogP contribution in [0.15, 0.2) is 41.3 Å². The van der Waals surface area contributed by atoms with Crippen molar-refractivity contribution in [2.24, 2.45) is 0 Å². The van der Waals surface area contributed by atoms with Gasteiger partial charge in [-0.15, -0.1) is 11.8 Å². The maximum atomic E-state index is 13.1. The van der Waals surface area contributed by atoms with E-state index in [-0.39, 0.29) is 16.8 Å². The first-order valence-corrected chi connectivity index (χ1v) is 7.42. The zero-order valence-electron chi connectivity index (χ0n) is 11.3. The topological polar surface area (TPSA) is 29.1 Å². The molecule has 1 heterocycles. The number of carbonyl (C=O) groups is 1. The quantitative estimate of drug-likeness (QED) is 0.911. The van der Waals surface area contributed by atoms with Gasteiger partial charge in [0.05, 0.1) is 5.25 Å². The highest BCUT2D eigenvalue weighted by Crippen LogP contribution is 2.38. The summed E-state index contributed by atoms with van der Waals surface area (Å²) in [6, 6.07) is 9.08. The number of anilines is 1. The molecule has 1 aliphatic rings. The molecule has 1 aliphatic heterocycles. The van der Waals surface area contributed by atoms with E-state index in [0.717, 1.165) is 34.2 Å². The summed E-state index contributed by atoms with van der Waals surface area (Å²) < 4.78 is 26.2. The van der Waals surface area contributed by atoms with Crippen molar-refractivity contribution < 1.29 is 13.6 Å². The van der Waals surface area contributed by atoms with Gasteiger partial charge in [-0.2, -0.15) is 0 Å². The first-order valence-electron chi connectivity index (χ1n) is 6.54. The van der Waals surface area contributed by atoms with Gasteiger partial charge in [-0.3, -0.25) is 4.79 Å². The summed E-state index contributed by atoms with van der Waals surface area (Å²) in [6.45, 7) is 2.00. The molecule has 0 aromatic heterocycles. The molecule has 1 amide bonds. The van der Waals surface area contributed by atoms with E-state index in [4.69, 9.17) is 0 Å². The third kappa shape index (κ3) is 3.08. The Bertz CT molecular complexity index is 697. The van der Waals surface area contributed by atoms with Crippen molar-refractivity contribution in [3.05, 3.63) is 59.2 Å². The minimum atomic E-state index is -0.705. The standard InChI is InChI=1S/C16H13F2NOS/c1-9-2-3-10-5-15(21-14(10)4-9)16(20)19-13-7-11(17)6-12(18)8-13/h2-4,6-8,15H,5H2,1H3,(H,19,20). The van der Waals surface area contributed by atoms with Gasteiger partial charge in [0.1, 0.15) is 11.6 Å². The molecule has 3 rings (SSSR count). The molecule has 5 heteroatoms. The minimum Gasteiger partial charge on any atom is -0.325 e. The SMILES string of the molecule is Cc1ccc2c(c1)SC(C(=O)Nc1cc(F)cc(F)c1)C2. The van der Waals surface area contributed by atoms with Gasteiger partial charge in [0.2, 0.25) is 5.91 Å². The van der Waals surface area contributed by atoms with E-state index in [1.807, 2.05) is 19.1 Å². The van der Waals surface area contributed by atoms with Gasteiger partial charge in [-0.1, -0.05) is 17.7 Å². The molecule has 1 atom stereocenters. The zero-order chi connectivity index (χ0) is 15.0. The summed E-state index contributed by atoms with van der Waals surface area (Å²) in [5.74, 6) is -1.65. The number of carbonyl (C=O) groups excluding carboxylic acids is 1. The molecule has 2 aromatic carbocycles. The number of nitrogens with one attached hydrogen (secondary N) is 1. The molecule has 108 valence electrons. The molecule has 0 fully saturated rings. The van der Waals surface area contributed by atoms with E-state index in [0.29, 0.717) is 6.42 Å². The summed E-state index contributed by atoms with van der Waals surface area (Å²) in [4.78, 5) is 13.3. The lowest BCUT2D eigenvalue weighted by molar-refractivity contribution is -0.115. The van der Waals surface area contributed by atoms with E-state index in [2.05, 4.69) is 11.4 Å². The average Bonchev–Trinajstić information content (AvgIpc) is 2.80. The fourth-order valence-corrected chi connectivity index (χ4v) is 3.62. The molecule has 0 saturated heterocycles. The second-order valence-electron chi connectivity index (χ2n) is 5.07. The molecule has 1 N–H and O–H groups in total. The van der Waals surface area contributed by atoms with E-state index < -0.39 is 11.6 Å². The largest absolute Gasteiger partial charge is 0.325 e. The Labute approximate surface area is 125 Å². The van der Waals surface area contributed by atoms with Crippen molar-refractivity contribution in [2.45, 2.75) is 23.5 Å². The van der Waals surface area contributed by atoms with Gasteiger partial charge < -0.3 is 5.32 Å². The summed E-state index contributed by atoms with van der Waals surface area (Å²) >= 11 is 1.49. The van der Waals surface area contributed by atoms with Crippen molar-refractivity contribution >= 4 is 23.4 Å². The molecule has 1 unspecified atom stereocenters. The number of aryl methyl sites for hydroxylation is 1. The summed E-state index contributed by atoms with van der Waals surface area (Å²) in [5, 5.41) is 2.30. The van der Waals surface area contributed by atoms with Gasteiger partial charge >= 0.3 is 0 Å². The van der Waals surface area contributed by atoms with Crippen LogP contribution in [0.1, 0.15) is 11.1 Å². The molecular weight excluding hydrogens is 292 g/mol. The van der Waals surface area contributed by atoms with Crippen LogP contribution in [0.2, 0.25) is 0 Å². The second kappa shape index (κ2) is 5.48. The van der Waals surface area contributed by atoms with Crippen LogP contribution in [0.3, 0.4) is 0 Å². The molecule has 21 heavy (non-hydrogen) atoms. The van der Waals surface area contributed by atoms with Crippen LogP contribution >= 0.6 is 11.8 Å². The normalized spacial score (nSPS) is 16.6. The van der Waals surface area contributed by atoms with Crippen LogP contribution in [-0.2, 0) is 11.2 Å². The van der Waals surface area contributed by atoms with Crippen molar-refractivity contribution in [3.63, 3.8) is 0 Å². The van der Waals surface area contributed by atoms with E-state index in [1.54, 1.807) is 0 Å². The predicted molar refractivity (Wildman–Crippen MR) is 79.5 cm³/mol. The summed E-state index contributed by atoms with van der Waals surface area (Å²) in [5.41, 5.74) is 2.43. The van der Waals surface area contributed by atoms with Crippen molar-refractivity contribution in [3.8, 4) is 0 Å². The highest BCUT2D eigenvalue weighted by atomic mass is 32.2. The Morgan fingerprint density at radius 2 is 1.90 bits per heavy atom. The Balaban J connectivity index is 1.73. The summed E-state index contributed by atoms with van der Waals surface area (Å²) in [7, 11) is 0. The molecule has 0 bridgehead atoms. The van der Waals surface area contributed by atoms with Crippen molar-refractivity contribution in [2.75, 3.05) is 5.32 Å². The number of rotatable bonds is 2. The Morgan fingerprint density at radius 1 is 1.19 bits per heavy atom. The Kier molecular flexibility index (Phi) is 3.68. The van der Waals surface area contributed by atoms with E-state index in [1.165, 1.54) is 11.8 Å². The van der Waals surface area contributed by atoms with Gasteiger partial charge in [0.25, 0.3) is 0 Å². The Morgan fingerprint density at radius 3 is 2.62 bits per heavy atom. The van der Waals surface area contributed by atoms with Crippen LogP contribution in [0.25, 0.3) is 0 Å². The third-order valence-corrected chi connectivity index (χ3v) is 4.62. The molecule has 0 radical (unpaired) electrons. The number of amides is 1. The van der Waals surface area contributed by atoms with Gasteiger partial charge in [-0.05, 0) is 37.1 Å². The fourth-order valence-electron chi connectivity index (χ4n) is 2.33. The maximum Gasteiger partial charge on any atom is 0.238 e. The third-order valence-electron chi connectivity index (χ3n) is 3.32. The molecular formula is C16H13F2NOS. The van der Waals surface area contributed by atoms with E-state index in [9.17, 15) is 13.6 Å². The number of hydrogen-bond acceptors (Lipinski definition) is 2. The molecule has 0 saturated carbocycles. The van der Waals surface area contributed by atoms with Crippen LogP contribution in [0, 0.1) is 18.6 Å². The second-order valence-corrected chi connectivity index (χ2v) is 6.31. The highest BCUT2D eigenvalue weighted by molar-refractivity contribution is 8.01. The highest BCUT2D eigenvalue weighted by Gasteiger charge is 2.28. The maximum absolute atomic E-state index is 13.1. The summed E-state index contributed by atoms with van der Waals surface area (Å²) in [6.07, 6.45) is 0.629. The van der Waals surface area contributed by atoms with Crippen LogP contribution in [-0.4, -0.2) is 11.2 Å². The smallest absolute Gasteiger partial charge is 0.238 e. The molecule has 2 aromatic rings. The molecule has 2 nitrogen and oxygen atoms in total. The number of benzene rings is 2. The van der Waals surface area contributed by atoms with Crippen LogP contribution < -0.4 is 5.32 Å². The lowest BCUT2D eigenvalue weighted by Crippen LogP contribution is -2.24. The number of fused-ring (bicyclic) bond motifs is 1. The molecule has 0 aliphatic carbocycles. The zero-order valence-corrected chi connectivity index (χ0v) is 12.1.